The highest BCUT2D eigenvalue weighted by molar-refractivity contribution is 5.81. The normalized spacial score (nSPS) is 14.2. The fourth-order valence-corrected chi connectivity index (χ4v) is 1.70. The summed E-state index contributed by atoms with van der Waals surface area (Å²) in [5.41, 5.74) is 0. The first-order chi connectivity index (χ1) is 8.61. The topological polar surface area (TPSA) is 50.4 Å². The van der Waals surface area contributed by atoms with Crippen molar-refractivity contribution in [2.24, 2.45) is 0 Å². The Balaban J connectivity index is 3.55. The molecular weight excluding hydrogens is 228 g/mol. The third-order valence-corrected chi connectivity index (χ3v) is 2.77. The maximum Gasteiger partial charge on any atom is 0.237 e. The van der Waals surface area contributed by atoms with Crippen LogP contribution in [0.2, 0.25) is 0 Å². The van der Waals surface area contributed by atoms with E-state index in [4.69, 9.17) is 4.74 Å². The minimum Gasteiger partial charge on any atom is -0.381 e. The van der Waals surface area contributed by atoms with E-state index < -0.39 is 0 Å². The van der Waals surface area contributed by atoms with Crippen molar-refractivity contribution in [1.29, 1.82) is 0 Å². The van der Waals surface area contributed by atoms with Crippen LogP contribution in [0.1, 0.15) is 53.4 Å². The summed E-state index contributed by atoms with van der Waals surface area (Å²) in [7, 11) is 0. The van der Waals surface area contributed by atoms with Crippen molar-refractivity contribution < 1.29 is 9.53 Å². The van der Waals surface area contributed by atoms with Gasteiger partial charge in [-0.3, -0.25) is 4.79 Å². The van der Waals surface area contributed by atoms with Gasteiger partial charge in [0.2, 0.25) is 5.91 Å². The molecule has 2 unspecified atom stereocenters. The van der Waals surface area contributed by atoms with Crippen LogP contribution >= 0.6 is 0 Å². The summed E-state index contributed by atoms with van der Waals surface area (Å²) >= 11 is 0. The number of nitrogens with one attached hydrogen (secondary N) is 2. The van der Waals surface area contributed by atoms with Gasteiger partial charge in [0, 0.05) is 19.3 Å². The number of hydrogen-bond donors (Lipinski definition) is 2. The Bertz CT molecular complexity index is 210. The fourth-order valence-electron chi connectivity index (χ4n) is 1.70. The molecule has 0 bridgehead atoms. The van der Waals surface area contributed by atoms with E-state index in [9.17, 15) is 4.79 Å². The molecule has 0 saturated heterocycles. The van der Waals surface area contributed by atoms with Gasteiger partial charge in [0.1, 0.15) is 0 Å². The first kappa shape index (κ1) is 17.4. The van der Waals surface area contributed by atoms with Crippen LogP contribution in [0.3, 0.4) is 0 Å². The SMILES string of the molecule is CCCOCCCNC(C)C(=O)NC(C)CCC. The lowest BCUT2D eigenvalue weighted by Gasteiger charge is -2.18. The molecule has 18 heavy (non-hydrogen) atoms. The molecule has 0 aliphatic rings. The Morgan fingerprint density at radius 2 is 1.89 bits per heavy atom. The summed E-state index contributed by atoms with van der Waals surface area (Å²) in [6, 6.07) is 0.134. The third kappa shape index (κ3) is 9.42. The first-order valence-corrected chi connectivity index (χ1v) is 7.23. The Kier molecular flexibility index (Phi) is 11.1. The van der Waals surface area contributed by atoms with Crippen molar-refractivity contribution in [3.8, 4) is 0 Å². The zero-order valence-corrected chi connectivity index (χ0v) is 12.4. The van der Waals surface area contributed by atoms with E-state index in [1.54, 1.807) is 0 Å². The van der Waals surface area contributed by atoms with Crippen LogP contribution in [0, 0.1) is 0 Å². The van der Waals surface area contributed by atoms with Gasteiger partial charge in [0.05, 0.1) is 6.04 Å². The molecule has 0 rings (SSSR count). The molecule has 108 valence electrons. The molecule has 0 aromatic heterocycles. The molecule has 0 aromatic rings. The lowest BCUT2D eigenvalue weighted by Crippen LogP contribution is -2.45. The van der Waals surface area contributed by atoms with Gasteiger partial charge in [-0.15, -0.1) is 0 Å². The predicted molar refractivity (Wildman–Crippen MR) is 75.7 cm³/mol. The fraction of sp³-hybridized carbons (Fsp3) is 0.929. The summed E-state index contributed by atoms with van der Waals surface area (Å²) < 4.78 is 5.38. The van der Waals surface area contributed by atoms with E-state index >= 15 is 0 Å². The largest absolute Gasteiger partial charge is 0.381 e. The second-order valence-corrected chi connectivity index (χ2v) is 4.84. The Labute approximate surface area is 112 Å². The minimum atomic E-state index is -0.129. The number of hydrogen-bond acceptors (Lipinski definition) is 3. The smallest absolute Gasteiger partial charge is 0.237 e. The summed E-state index contributed by atoms with van der Waals surface area (Å²) in [6.07, 6.45) is 4.13. The van der Waals surface area contributed by atoms with Crippen molar-refractivity contribution >= 4 is 5.91 Å². The van der Waals surface area contributed by atoms with Gasteiger partial charge in [-0.1, -0.05) is 20.3 Å². The van der Waals surface area contributed by atoms with E-state index in [0.717, 1.165) is 45.4 Å². The Morgan fingerprint density at radius 1 is 1.17 bits per heavy atom. The maximum absolute atomic E-state index is 11.8. The molecule has 0 heterocycles. The van der Waals surface area contributed by atoms with E-state index in [2.05, 4.69) is 24.5 Å². The van der Waals surface area contributed by atoms with Crippen molar-refractivity contribution in [3.63, 3.8) is 0 Å². The molecule has 4 heteroatoms. The predicted octanol–water partition coefficient (Wildman–Crippen LogP) is 2.09. The number of carbonyl (C=O) groups excluding carboxylic acids is 1. The molecule has 0 fully saturated rings. The molecule has 4 nitrogen and oxygen atoms in total. The standard InChI is InChI=1S/C14H30N2O2/c1-5-8-12(3)16-14(17)13(4)15-9-7-11-18-10-6-2/h12-13,15H,5-11H2,1-4H3,(H,16,17). The first-order valence-electron chi connectivity index (χ1n) is 7.23. The van der Waals surface area contributed by atoms with Gasteiger partial charge in [0.25, 0.3) is 0 Å². The van der Waals surface area contributed by atoms with Gasteiger partial charge in [-0.25, -0.2) is 0 Å². The molecule has 0 spiro atoms. The Morgan fingerprint density at radius 3 is 2.50 bits per heavy atom. The molecule has 2 atom stereocenters. The van der Waals surface area contributed by atoms with Crippen LogP contribution in [-0.4, -0.2) is 37.7 Å². The van der Waals surface area contributed by atoms with E-state index in [-0.39, 0.29) is 18.0 Å². The molecular formula is C14H30N2O2. The number of carbonyl (C=O) groups is 1. The highest BCUT2D eigenvalue weighted by Crippen LogP contribution is 1.95. The van der Waals surface area contributed by atoms with Gasteiger partial charge in [-0.2, -0.15) is 0 Å². The average Bonchev–Trinajstić information content (AvgIpc) is 2.33. The molecule has 0 saturated carbocycles. The molecule has 0 aliphatic heterocycles. The lowest BCUT2D eigenvalue weighted by atomic mass is 10.2. The van der Waals surface area contributed by atoms with Crippen molar-refractivity contribution in [3.05, 3.63) is 0 Å². The number of ether oxygens (including phenoxy) is 1. The zero-order valence-electron chi connectivity index (χ0n) is 12.4. The molecule has 0 aromatic carbocycles. The quantitative estimate of drug-likeness (QED) is 0.558. The summed E-state index contributed by atoms with van der Waals surface area (Å²) in [6.45, 7) is 10.6. The van der Waals surface area contributed by atoms with Crippen LogP contribution in [0.25, 0.3) is 0 Å². The monoisotopic (exact) mass is 258 g/mol. The summed E-state index contributed by atoms with van der Waals surface area (Å²) in [4.78, 5) is 11.8. The molecule has 0 aliphatic carbocycles. The lowest BCUT2D eigenvalue weighted by molar-refractivity contribution is -0.123. The van der Waals surface area contributed by atoms with Crippen LogP contribution < -0.4 is 10.6 Å². The minimum absolute atomic E-state index is 0.0884. The highest BCUT2D eigenvalue weighted by atomic mass is 16.5. The average molecular weight is 258 g/mol. The van der Waals surface area contributed by atoms with Gasteiger partial charge in [-0.05, 0) is 39.7 Å². The van der Waals surface area contributed by atoms with Crippen LogP contribution in [-0.2, 0) is 9.53 Å². The van der Waals surface area contributed by atoms with Crippen LogP contribution in [0.4, 0.5) is 0 Å². The Hall–Kier alpha value is -0.610. The van der Waals surface area contributed by atoms with Gasteiger partial charge in [0.15, 0.2) is 0 Å². The zero-order chi connectivity index (χ0) is 13.8. The number of amides is 1. The van der Waals surface area contributed by atoms with Crippen LogP contribution in [0.5, 0.6) is 0 Å². The van der Waals surface area contributed by atoms with Gasteiger partial charge >= 0.3 is 0 Å². The molecule has 1 amide bonds. The molecule has 2 N–H and O–H groups in total. The second-order valence-electron chi connectivity index (χ2n) is 4.84. The van der Waals surface area contributed by atoms with Crippen molar-refractivity contribution in [2.75, 3.05) is 19.8 Å². The van der Waals surface area contributed by atoms with Crippen molar-refractivity contribution in [2.45, 2.75) is 65.5 Å². The van der Waals surface area contributed by atoms with Crippen molar-refractivity contribution in [1.82, 2.24) is 10.6 Å². The highest BCUT2D eigenvalue weighted by Gasteiger charge is 2.13. The summed E-state index contributed by atoms with van der Waals surface area (Å²) in [5.74, 6) is 0.0884. The van der Waals surface area contributed by atoms with E-state index in [0.29, 0.717) is 0 Å². The van der Waals surface area contributed by atoms with Gasteiger partial charge < -0.3 is 15.4 Å². The van der Waals surface area contributed by atoms with E-state index in [1.165, 1.54) is 0 Å². The number of rotatable bonds is 11. The second kappa shape index (κ2) is 11.5. The molecule has 0 radical (unpaired) electrons. The summed E-state index contributed by atoms with van der Waals surface area (Å²) in [5, 5.41) is 6.22. The van der Waals surface area contributed by atoms with E-state index in [1.807, 2.05) is 13.8 Å². The third-order valence-electron chi connectivity index (χ3n) is 2.77. The van der Waals surface area contributed by atoms with Crippen LogP contribution in [0.15, 0.2) is 0 Å². The maximum atomic E-state index is 11.8.